The first kappa shape index (κ1) is 12.8. The molecule has 1 atom stereocenters. The van der Waals surface area contributed by atoms with Crippen LogP contribution in [-0.2, 0) is 4.74 Å². The van der Waals surface area contributed by atoms with Crippen molar-refractivity contribution in [2.75, 3.05) is 31.7 Å². The molecule has 0 aromatic carbocycles. The van der Waals surface area contributed by atoms with Crippen LogP contribution in [0.4, 0.5) is 5.82 Å². The minimum Gasteiger partial charge on any atom is -0.384 e. The van der Waals surface area contributed by atoms with Crippen molar-refractivity contribution >= 4 is 11.7 Å². The van der Waals surface area contributed by atoms with E-state index in [0.29, 0.717) is 17.3 Å². The van der Waals surface area contributed by atoms with Crippen LogP contribution in [-0.4, -0.2) is 42.8 Å². The molecule has 1 saturated heterocycles. The van der Waals surface area contributed by atoms with E-state index in [1.165, 1.54) is 6.42 Å². The quantitative estimate of drug-likeness (QED) is 0.603. The van der Waals surface area contributed by atoms with E-state index >= 15 is 0 Å². The van der Waals surface area contributed by atoms with E-state index in [1.54, 1.807) is 19.4 Å². The highest BCUT2D eigenvalue weighted by molar-refractivity contribution is 5.99. The van der Waals surface area contributed by atoms with Crippen LogP contribution in [0.2, 0.25) is 0 Å². The van der Waals surface area contributed by atoms with Crippen molar-refractivity contribution in [2.24, 2.45) is 11.7 Å². The summed E-state index contributed by atoms with van der Waals surface area (Å²) in [6, 6.07) is 1.74. The minimum atomic E-state index is 0.0359. The fraction of sp³-hybridized carbons (Fsp3) is 0.583. The highest BCUT2D eigenvalue weighted by Gasteiger charge is 2.23. The molecule has 1 aromatic heterocycles. The fourth-order valence-electron chi connectivity index (χ4n) is 2.40. The first-order chi connectivity index (χ1) is 8.72. The number of ether oxygens (including phenoxy) is 1. The predicted molar refractivity (Wildman–Crippen MR) is 69.9 cm³/mol. The summed E-state index contributed by atoms with van der Waals surface area (Å²) in [7, 11) is 1.72. The van der Waals surface area contributed by atoms with Crippen LogP contribution >= 0.6 is 0 Å². The Bertz CT molecular complexity index is 421. The average molecular weight is 249 g/mol. The number of rotatable bonds is 4. The summed E-state index contributed by atoms with van der Waals surface area (Å²) in [5, 5.41) is 15.6. The van der Waals surface area contributed by atoms with E-state index in [9.17, 15) is 0 Å². The molecule has 0 radical (unpaired) electrons. The van der Waals surface area contributed by atoms with Crippen molar-refractivity contribution in [1.82, 2.24) is 10.2 Å². The van der Waals surface area contributed by atoms with Gasteiger partial charge in [-0.1, -0.05) is 0 Å². The minimum absolute atomic E-state index is 0.0359. The van der Waals surface area contributed by atoms with Crippen LogP contribution in [0.15, 0.2) is 12.3 Å². The number of methoxy groups -OCH3 is 1. The van der Waals surface area contributed by atoms with Gasteiger partial charge in [0.1, 0.15) is 5.84 Å². The van der Waals surface area contributed by atoms with Crippen LogP contribution in [0, 0.1) is 11.3 Å². The van der Waals surface area contributed by atoms with Crippen molar-refractivity contribution in [3.63, 3.8) is 0 Å². The number of hydrogen-bond acceptors (Lipinski definition) is 5. The number of nitrogens with zero attached hydrogens (tertiary/aromatic N) is 3. The van der Waals surface area contributed by atoms with E-state index in [-0.39, 0.29) is 5.84 Å². The lowest BCUT2D eigenvalue weighted by atomic mass is 9.98. The maximum absolute atomic E-state index is 7.58. The molecule has 0 amide bonds. The molecule has 1 aliphatic heterocycles. The molecule has 3 N–H and O–H groups in total. The van der Waals surface area contributed by atoms with Gasteiger partial charge in [0.2, 0.25) is 0 Å². The second-order valence-corrected chi connectivity index (χ2v) is 4.59. The SMILES string of the molecule is COCC1CCCN(c2nnccc2C(=N)N)C1. The largest absolute Gasteiger partial charge is 0.384 e. The maximum Gasteiger partial charge on any atom is 0.162 e. The standard InChI is InChI=1S/C12H19N5O/c1-18-8-9-3-2-6-17(7-9)12-10(11(13)14)4-5-15-16-12/h4-5,9H,2-3,6-8H2,1H3,(H3,13,14). The second-order valence-electron chi connectivity index (χ2n) is 4.59. The molecule has 1 unspecified atom stereocenters. The van der Waals surface area contributed by atoms with Gasteiger partial charge >= 0.3 is 0 Å². The molecule has 0 bridgehead atoms. The number of nitrogens with two attached hydrogens (primary N) is 1. The number of hydrogen-bond donors (Lipinski definition) is 2. The first-order valence-corrected chi connectivity index (χ1v) is 6.12. The van der Waals surface area contributed by atoms with Crippen LogP contribution < -0.4 is 10.6 Å². The lowest BCUT2D eigenvalue weighted by Crippen LogP contribution is -2.39. The zero-order valence-electron chi connectivity index (χ0n) is 10.6. The van der Waals surface area contributed by atoms with Crippen molar-refractivity contribution < 1.29 is 4.74 Å². The number of piperidine rings is 1. The fourth-order valence-corrected chi connectivity index (χ4v) is 2.40. The molecular weight excluding hydrogens is 230 g/mol. The van der Waals surface area contributed by atoms with Gasteiger partial charge in [0.25, 0.3) is 0 Å². The van der Waals surface area contributed by atoms with Crippen molar-refractivity contribution in [1.29, 1.82) is 5.41 Å². The lowest BCUT2D eigenvalue weighted by Gasteiger charge is -2.33. The second kappa shape index (κ2) is 5.77. The summed E-state index contributed by atoms with van der Waals surface area (Å²) in [6.45, 7) is 2.57. The summed E-state index contributed by atoms with van der Waals surface area (Å²) in [5.41, 5.74) is 6.23. The summed E-state index contributed by atoms with van der Waals surface area (Å²) in [4.78, 5) is 2.15. The van der Waals surface area contributed by atoms with Gasteiger partial charge in [-0.3, -0.25) is 5.41 Å². The Kier molecular flexibility index (Phi) is 4.09. The van der Waals surface area contributed by atoms with Gasteiger partial charge in [-0.05, 0) is 24.8 Å². The molecule has 1 fully saturated rings. The third-order valence-corrected chi connectivity index (χ3v) is 3.21. The normalized spacial score (nSPS) is 19.8. The Balaban J connectivity index is 2.18. The van der Waals surface area contributed by atoms with Gasteiger partial charge in [0, 0.05) is 20.2 Å². The van der Waals surface area contributed by atoms with Gasteiger partial charge in [0.05, 0.1) is 18.4 Å². The number of anilines is 1. The van der Waals surface area contributed by atoms with E-state index in [0.717, 1.165) is 26.1 Å². The number of aromatic nitrogens is 2. The molecule has 18 heavy (non-hydrogen) atoms. The molecule has 1 aliphatic rings. The smallest absolute Gasteiger partial charge is 0.162 e. The predicted octanol–water partition coefficient (Wildman–Crippen LogP) is 0.623. The van der Waals surface area contributed by atoms with Crippen molar-refractivity contribution in [3.05, 3.63) is 17.8 Å². The van der Waals surface area contributed by atoms with E-state index in [2.05, 4.69) is 15.1 Å². The molecular formula is C12H19N5O. The third kappa shape index (κ3) is 2.76. The van der Waals surface area contributed by atoms with Crippen LogP contribution in [0.3, 0.4) is 0 Å². The highest BCUT2D eigenvalue weighted by atomic mass is 16.5. The molecule has 0 aliphatic carbocycles. The summed E-state index contributed by atoms with van der Waals surface area (Å²) >= 11 is 0. The first-order valence-electron chi connectivity index (χ1n) is 6.12. The van der Waals surface area contributed by atoms with Crippen LogP contribution in [0.1, 0.15) is 18.4 Å². The molecule has 6 nitrogen and oxygen atoms in total. The molecule has 1 aromatic rings. The molecule has 2 heterocycles. The summed E-state index contributed by atoms with van der Waals surface area (Å²) < 4.78 is 5.21. The van der Waals surface area contributed by atoms with Gasteiger partial charge in [-0.25, -0.2) is 0 Å². The Hall–Kier alpha value is -1.69. The van der Waals surface area contributed by atoms with Gasteiger partial charge in [-0.15, -0.1) is 5.10 Å². The lowest BCUT2D eigenvalue weighted by molar-refractivity contribution is 0.143. The van der Waals surface area contributed by atoms with Gasteiger partial charge in [-0.2, -0.15) is 5.10 Å². The Morgan fingerprint density at radius 2 is 2.50 bits per heavy atom. The number of nitrogen functional groups attached to an aromatic ring is 1. The average Bonchev–Trinajstić information content (AvgIpc) is 2.39. The molecule has 98 valence electrons. The highest BCUT2D eigenvalue weighted by Crippen LogP contribution is 2.23. The maximum atomic E-state index is 7.58. The topological polar surface area (TPSA) is 88.1 Å². The van der Waals surface area contributed by atoms with Gasteiger partial charge in [0.15, 0.2) is 5.82 Å². The number of nitrogens with one attached hydrogen (secondary N) is 1. The van der Waals surface area contributed by atoms with Crippen molar-refractivity contribution in [2.45, 2.75) is 12.8 Å². The zero-order valence-corrected chi connectivity index (χ0v) is 10.6. The Morgan fingerprint density at radius 3 is 3.22 bits per heavy atom. The van der Waals surface area contributed by atoms with E-state index < -0.39 is 0 Å². The van der Waals surface area contributed by atoms with Crippen LogP contribution in [0.5, 0.6) is 0 Å². The van der Waals surface area contributed by atoms with Crippen molar-refractivity contribution in [3.8, 4) is 0 Å². The molecule has 2 rings (SSSR count). The molecule has 0 spiro atoms. The van der Waals surface area contributed by atoms with E-state index in [1.807, 2.05) is 0 Å². The number of amidine groups is 1. The summed E-state index contributed by atoms with van der Waals surface area (Å²) in [5.74, 6) is 1.25. The zero-order chi connectivity index (χ0) is 13.0. The molecule has 6 heteroatoms. The molecule has 0 saturated carbocycles. The Morgan fingerprint density at radius 1 is 1.67 bits per heavy atom. The monoisotopic (exact) mass is 249 g/mol. The van der Waals surface area contributed by atoms with Gasteiger partial charge < -0.3 is 15.4 Å². The summed E-state index contributed by atoms with van der Waals surface area (Å²) in [6.07, 6.45) is 3.83. The van der Waals surface area contributed by atoms with E-state index in [4.69, 9.17) is 15.9 Å². The van der Waals surface area contributed by atoms with Crippen LogP contribution in [0.25, 0.3) is 0 Å². The third-order valence-electron chi connectivity index (χ3n) is 3.21. The Labute approximate surface area is 107 Å².